The van der Waals surface area contributed by atoms with Gasteiger partial charge in [-0.3, -0.25) is 14.4 Å². The van der Waals surface area contributed by atoms with E-state index >= 15 is 0 Å². The first-order chi connectivity index (χ1) is 17.5. The van der Waals surface area contributed by atoms with Crippen molar-refractivity contribution in [3.8, 4) is 0 Å². The van der Waals surface area contributed by atoms with Gasteiger partial charge < -0.3 is 10.0 Å². The third-order valence-corrected chi connectivity index (χ3v) is 7.23. The number of Topliss-reactive ketones (excluding diaryl/α,β-unsaturated/α-hetero) is 2. The van der Waals surface area contributed by atoms with E-state index in [0.29, 0.717) is 23.1 Å². The highest BCUT2D eigenvalue weighted by Crippen LogP contribution is 2.31. The Morgan fingerprint density at radius 2 is 1.17 bits per heavy atom. The molecular formula is C31H31NO4. The quantitative estimate of drug-likeness (QED) is 0.443. The van der Waals surface area contributed by atoms with Crippen molar-refractivity contribution < 1.29 is 19.5 Å². The summed E-state index contributed by atoms with van der Waals surface area (Å²) in [5, 5.41) is 9.69. The van der Waals surface area contributed by atoms with E-state index in [9.17, 15) is 19.5 Å². The van der Waals surface area contributed by atoms with Crippen LogP contribution in [0.15, 0.2) is 72.8 Å². The van der Waals surface area contributed by atoms with Crippen molar-refractivity contribution >= 4 is 23.0 Å². The maximum Gasteiger partial charge on any atom is 0.193 e. The maximum absolute atomic E-state index is 12.9. The summed E-state index contributed by atoms with van der Waals surface area (Å²) in [6, 6.07) is 22.2. The van der Waals surface area contributed by atoms with E-state index in [-0.39, 0.29) is 35.8 Å². The van der Waals surface area contributed by atoms with Crippen molar-refractivity contribution in [1.82, 2.24) is 0 Å². The van der Waals surface area contributed by atoms with Gasteiger partial charge in [-0.15, -0.1) is 0 Å². The molecule has 0 unspecified atom stereocenters. The summed E-state index contributed by atoms with van der Waals surface area (Å²) in [4.78, 5) is 39.9. The Hall–Kier alpha value is -3.57. The number of carbonyl (C=O) groups excluding carboxylic acids is 3. The summed E-state index contributed by atoms with van der Waals surface area (Å²) in [7, 11) is 0. The number of aliphatic hydroxyl groups excluding tert-OH is 1. The van der Waals surface area contributed by atoms with Crippen LogP contribution in [0.1, 0.15) is 63.1 Å². The van der Waals surface area contributed by atoms with Crippen molar-refractivity contribution in [2.45, 2.75) is 44.6 Å². The largest absolute Gasteiger partial charge is 0.393 e. The third kappa shape index (κ3) is 5.80. The van der Waals surface area contributed by atoms with E-state index in [1.54, 1.807) is 24.3 Å². The first-order valence-electron chi connectivity index (χ1n) is 12.8. The summed E-state index contributed by atoms with van der Waals surface area (Å²) in [6.45, 7) is 1.65. The van der Waals surface area contributed by atoms with Gasteiger partial charge >= 0.3 is 0 Å². The average molecular weight is 482 g/mol. The van der Waals surface area contributed by atoms with Crippen LogP contribution in [0.25, 0.3) is 0 Å². The number of benzene rings is 3. The molecule has 184 valence electrons. The van der Waals surface area contributed by atoms with E-state index in [2.05, 4.69) is 4.90 Å². The minimum Gasteiger partial charge on any atom is -0.393 e. The molecule has 36 heavy (non-hydrogen) atoms. The zero-order valence-electron chi connectivity index (χ0n) is 20.4. The number of hydrogen-bond donors (Lipinski definition) is 1. The molecule has 3 aromatic rings. The van der Waals surface area contributed by atoms with Crippen LogP contribution in [-0.4, -0.2) is 41.6 Å². The van der Waals surface area contributed by atoms with E-state index < -0.39 is 0 Å². The number of carbonyl (C=O) groups is 3. The predicted octanol–water partition coefficient (Wildman–Crippen LogP) is 4.83. The molecule has 3 aromatic carbocycles. The normalized spacial score (nSPS) is 16.1. The summed E-state index contributed by atoms with van der Waals surface area (Å²) >= 11 is 0. The van der Waals surface area contributed by atoms with Gasteiger partial charge in [0.15, 0.2) is 11.6 Å². The van der Waals surface area contributed by atoms with Crippen LogP contribution in [0.3, 0.4) is 0 Å². The topological polar surface area (TPSA) is 74.7 Å². The van der Waals surface area contributed by atoms with Gasteiger partial charge in [-0.2, -0.15) is 0 Å². The Morgan fingerprint density at radius 3 is 1.69 bits per heavy atom. The standard InChI is InChI=1S/C31H31NO4/c33-28-15-17-32(18-16-28)27-13-11-24(12-14-27)30(35)20-22-3-7-26(8-4-22)31(36)25-5-1-21(2-6-25)19-29(34)23-9-10-23/h1-8,11-14,23,28,33H,9-10,15-20H2. The summed E-state index contributed by atoms with van der Waals surface area (Å²) < 4.78 is 0. The number of ketones is 3. The van der Waals surface area contributed by atoms with Crippen LogP contribution in [0.4, 0.5) is 5.69 Å². The molecule has 0 atom stereocenters. The highest BCUT2D eigenvalue weighted by molar-refractivity contribution is 6.09. The highest BCUT2D eigenvalue weighted by atomic mass is 16.3. The summed E-state index contributed by atoms with van der Waals surface area (Å²) in [5.74, 6) is 0.490. The molecule has 5 heteroatoms. The van der Waals surface area contributed by atoms with Gasteiger partial charge in [0.05, 0.1) is 6.10 Å². The highest BCUT2D eigenvalue weighted by Gasteiger charge is 2.29. The first-order valence-corrected chi connectivity index (χ1v) is 12.8. The number of nitrogens with zero attached hydrogens (tertiary/aromatic N) is 1. The number of hydrogen-bond acceptors (Lipinski definition) is 5. The van der Waals surface area contributed by atoms with Crippen molar-refractivity contribution in [3.05, 3.63) is 101 Å². The second kappa shape index (κ2) is 10.6. The SMILES string of the molecule is O=C(Cc1ccc(C(=O)c2ccc(CC(=O)C3CC3)cc2)cc1)c1ccc(N2CCC(O)CC2)cc1. The van der Waals surface area contributed by atoms with Gasteiger partial charge in [0.2, 0.25) is 0 Å². The van der Waals surface area contributed by atoms with Gasteiger partial charge in [-0.1, -0.05) is 48.5 Å². The Balaban J connectivity index is 1.17. The van der Waals surface area contributed by atoms with E-state index in [1.165, 1.54) is 0 Å². The third-order valence-electron chi connectivity index (χ3n) is 7.23. The fourth-order valence-electron chi connectivity index (χ4n) is 4.74. The van der Waals surface area contributed by atoms with Gasteiger partial charge in [-0.25, -0.2) is 0 Å². The fraction of sp³-hybridized carbons (Fsp3) is 0.323. The minimum absolute atomic E-state index is 0.0334. The van der Waals surface area contributed by atoms with Crippen molar-refractivity contribution in [2.24, 2.45) is 5.92 Å². The molecule has 5 nitrogen and oxygen atoms in total. The van der Waals surface area contributed by atoms with E-state index in [4.69, 9.17) is 0 Å². The smallest absolute Gasteiger partial charge is 0.193 e. The van der Waals surface area contributed by atoms with Crippen LogP contribution in [-0.2, 0) is 17.6 Å². The van der Waals surface area contributed by atoms with E-state index in [1.807, 2.05) is 48.5 Å². The van der Waals surface area contributed by atoms with Crippen LogP contribution in [0, 0.1) is 5.92 Å². The molecule has 1 aliphatic carbocycles. The van der Waals surface area contributed by atoms with Gasteiger partial charge in [-0.05, 0) is 61.1 Å². The summed E-state index contributed by atoms with van der Waals surface area (Å²) in [6.07, 6.45) is 4.05. The molecule has 0 bridgehead atoms. The van der Waals surface area contributed by atoms with Crippen LogP contribution in [0.5, 0.6) is 0 Å². The van der Waals surface area contributed by atoms with E-state index in [0.717, 1.165) is 55.6 Å². The van der Waals surface area contributed by atoms with Crippen LogP contribution in [0.2, 0.25) is 0 Å². The van der Waals surface area contributed by atoms with Gasteiger partial charge in [0.25, 0.3) is 0 Å². The fourth-order valence-corrected chi connectivity index (χ4v) is 4.74. The number of piperidine rings is 1. The van der Waals surface area contributed by atoms with Crippen LogP contribution < -0.4 is 4.90 Å². The predicted molar refractivity (Wildman–Crippen MR) is 140 cm³/mol. The molecule has 0 amide bonds. The molecule has 0 radical (unpaired) electrons. The zero-order chi connectivity index (χ0) is 25.1. The van der Waals surface area contributed by atoms with Crippen molar-refractivity contribution in [2.75, 3.05) is 18.0 Å². The molecule has 1 heterocycles. The molecular weight excluding hydrogens is 450 g/mol. The number of aliphatic hydroxyl groups is 1. The Bertz CT molecular complexity index is 1230. The average Bonchev–Trinajstić information content (AvgIpc) is 3.76. The monoisotopic (exact) mass is 481 g/mol. The zero-order valence-corrected chi connectivity index (χ0v) is 20.4. The Morgan fingerprint density at radius 1 is 0.667 bits per heavy atom. The van der Waals surface area contributed by atoms with Crippen molar-refractivity contribution in [1.29, 1.82) is 0 Å². The first kappa shape index (κ1) is 24.1. The molecule has 1 saturated heterocycles. The molecule has 0 spiro atoms. The Labute approximate surface area is 211 Å². The second-order valence-electron chi connectivity index (χ2n) is 10.0. The van der Waals surface area contributed by atoms with Gasteiger partial charge in [0.1, 0.15) is 5.78 Å². The van der Waals surface area contributed by atoms with Crippen molar-refractivity contribution in [3.63, 3.8) is 0 Å². The lowest BCUT2D eigenvalue weighted by Crippen LogP contribution is -2.35. The molecule has 5 rings (SSSR count). The van der Waals surface area contributed by atoms with Crippen LogP contribution >= 0.6 is 0 Å². The summed E-state index contributed by atoms with van der Waals surface area (Å²) in [5.41, 5.74) is 4.70. The van der Waals surface area contributed by atoms with Gasteiger partial charge in [0, 0.05) is 54.2 Å². The minimum atomic E-state index is -0.210. The molecule has 1 aliphatic heterocycles. The lowest BCUT2D eigenvalue weighted by molar-refractivity contribution is -0.119. The molecule has 2 aliphatic rings. The molecule has 1 N–H and O–H groups in total. The number of anilines is 1. The second-order valence-corrected chi connectivity index (χ2v) is 10.0. The molecule has 0 aromatic heterocycles. The molecule has 2 fully saturated rings. The number of rotatable bonds is 9. The Kier molecular flexibility index (Phi) is 7.10. The lowest BCUT2D eigenvalue weighted by Gasteiger charge is -2.31. The molecule has 1 saturated carbocycles. The lowest BCUT2D eigenvalue weighted by atomic mass is 9.97. The maximum atomic E-state index is 12.9.